The zero-order valence-electron chi connectivity index (χ0n) is 30.2. The van der Waals surface area contributed by atoms with Crippen molar-refractivity contribution in [3.63, 3.8) is 0 Å². The number of nitrogens with zero attached hydrogens (tertiary/aromatic N) is 2. The van der Waals surface area contributed by atoms with Crippen LogP contribution in [-0.2, 0) is 9.16 Å². The molecule has 10 heteroatoms. The molecular formula is C34H58N2O6Si2. The van der Waals surface area contributed by atoms with E-state index in [1.165, 1.54) is 0 Å². The number of rotatable bonds is 8. The third-order valence-electron chi connectivity index (χ3n) is 9.64. The first-order valence-corrected chi connectivity index (χ1v) is 21.1. The summed E-state index contributed by atoms with van der Waals surface area (Å²) in [7, 11) is -3.30. The molecule has 0 bridgehead atoms. The number of methoxy groups -OCH3 is 1. The molecule has 0 radical (unpaired) electrons. The van der Waals surface area contributed by atoms with Crippen LogP contribution in [0.25, 0.3) is 0 Å². The van der Waals surface area contributed by atoms with E-state index in [9.17, 15) is 9.59 Å². The highest BCUT2D eigenvalue weighted by molar-refractivity contribution is 6.78. The fourth-order valence-electron chi connectivity index (χ4n) is 6.54. The third kappa shape index (κ3) is 6.77. The van der Waals surface area contributed by atoms with Crippen molar-refractivity contribution in [2.75, 3.05) is 12.0 Å². The molecule has 0 fully saturated rings. The van der Waals surface area contributed by atoms with Gasteiger partial charge in [0.15, 0.2) is 20.3 Å². The summed E-state index contributed by atoms with van der Waals surface area (Å²) >= 11 is 0. The first kappa shape index (κ1) is 36.2. The van der Waals surface area contributed by atoms with Crippen molar-refractivity contribution < 1.29 is 27.9 Å². The lowest BCUT2D eigenvalue weighted by Crippen LogP contribution is -2.58. The first-order valence-electron chi connectivity index (χ1n) is 16.1. The van der Waals surface area contributed by atoms with Gasteiger partial charge in [0.1, 0.15) is 11.4 Å². The van der Waals surface area contributed by atoms with Crippen LogP contribution in [0.5, 0.6) is 11.5 Å². The fraction of sp³-hybridized carbons (Fsp3) is 0.706. The Morgan fingerprint density at radius 3 is 1.93 bits per heavy atom. The summed E-state index contributed by atoms with van der Waals surface area (Å²) in [6.45, 7) is 31.8. The number of hydrogen-bond acceptors (Lipinski definition) is 6. The molecular weight excluding hydrogens is 589 g/mol. The highest BCUT2D eigenvalue weighted by Gasteiger charge is 2.52. The van der Waals surface area contributed by atoms with Gasteiger partial charge in [0, 0.05) is 12.3 Å². The van der Waals surface area contributed by atoms with Crippen molar-refractivity contribution in [2.24, 2.45) is 0 Å². The van der Waals surface area contributed by atoms with E-state index in [-0.39, 0.29) is 10.9 Å². The summed E-state index contributed by atoms with van der Waals surface area (Å²) in [5.74, 6) is 0.803. The van der Waals surface area contributed by atoms with Crippen LogP contribution in [0.3, 0.4) is 0 Å². The van der Waals surface area contributed by atoms with Crippen molar-refractivity contribution in [2.45, 2.75) is 149 Å². The number of hydrogen-bond donors (Lipinski definition) is 0. The first-order chi connectivity index (χ1) is 20.0. The molecule has 3 rings (SSSR count). The molecule has 2 heterocycles. The van der Waals surface area contributed by atoms with Gasteiger partial charge in [-0.15, -0.1) is 0 Å². The van der Waals surface area contributed by atoms with Crippen LogP contribution in [0, 0.1) is 0 Å². The minimum atomic E-state index is -2.46. The largest absolute Gasteiger partial charge is 0.540 e. The van der Waals surface area contributed by atoms with E-state index in [4.69, 9.17) is 18.3 Å². The molecule has 0 saturated carbocycles. The van der Waals surface area contributed by atoms with Crippen molar-refractivity contribution in [1.82, 2.24) is 4.90 Å². The highest BCUT2D eigenvalue weighted by Crippen LogP contribution is 2.49. The molecule has 8 nitrogen and oxygen atoms in total. The van der Waals surface area contributed by atoms with Crippen molar-refractivity contribution in [3.8, 4) is 11.5 Å². The van der Waals surface area contributed by atoms with Gasteiger partial charge in [-0.05, 0) is 74.9 Å². The van der Waals surface area contributed by atoms with Crippen LogP contribution in [0.1, 0.15) is 107 Å². The third-order valence-corrected chi connectivity index (χ3v) is 20.1. The Kier molecular flexibility index (Phi) is 10.3. The molecule has 248 valence electrons. The maximum absolute atomic E-state index is 14.4. The molecule has 0 spiro atoms. The van der Waals surface area contributed by atoms with Gasteiger partial charge in [0.05, 0.1) is 24.4 Å². The van der Waals surface area contributed by atoms with Gasteiger partial charge >= 0.3 is 6.09 Å². The second-order valence-electron chi connectivity index (χ2n) is 16.0. The summed E-state index contributed by atoms with van der Waals surface area (Å²) in [6.07, 6.45) is 1.15. The number of ether oxygens (including phenoxy) is 2. The molecule has 2 amide bonds. The molecule has 1 aromatic carbocycles. The molecule has 0 N–H and O–H groups in total. The van der Waals surface area contributed by atoms with E-state index in [0.29, 0.717) is 45.8 Å². The Labute approximate surface area is 268 Å². The molecule has 1 aromatic rings. The number of benzene rings is 1. The molecule has 44 heavy (non-hydrogen) atoms. The van der Waals surface area contributed by atoms with Gasteiger partial charge in [0.25, 0.3) is 14.2 Å². The predicted octanol–water partition coefficient (Wildman–Crippen LogP) is 9.47. The minimum Gasteiger partial charge on any atom is -0.540 e. The van der Waals surface area contributed by atoms with E-state index < -0.39 is 40.6 Å². The Hall–Kier alpha value is -2.31. The number of carbonyl (C=O) groups is 2. The van der Waals surface area contributed by atoms with E-state index in [1.807, 2.05) is 40.0 Å². The molecule has 0 aliphatic carbocycles. The molecule has 0 saturated heterocycles. The standard InChI is InChI=1S/C34H58N2O6Si2/c1-21(2)44(22(3)4,23(5)6)41-29-19-26-25(18-28(29)39-14)30(37)35-20-24(7)17-27(35)31(42-43(15,16)34(11,12)13)36(26)32(38)40-33(8,9)10/h18-23,27,31H,17H2,1-16H3/t27-,31-/m0/s1. The Morgan fingerprint density at radius 2 is 1.48 bits per heavy atom. The lowest BCUT2D eigenvalue weighted by molar-refractivity contribution is 0.0363. The monoisotopic (exact) mass is 646 g/mol. The van der Waals surface area contributed by atoms with Crippen LogP contribution < -0.4 is 14.1 Å². The molecule has 2 atom stereocenters. The van der Waals surface area contributed by atoms with E-state index in [1.54, 1.807) is 23.0 Å². The quantitative estimate of drug-likeness (QED) is 0.262. The van der Waals surface area contributed by atoms with Crippen LogP contribution in [0.15, 0.2) is 23.9 Å². The van der Waals surface area contributed by atoms with Crippen molar-refractivity contribution in [3.05, 3.63) is 29.5 Å². The molecule has 2 aliphatic heterocycles. The average Bonchev–Trinajstić information content (AvgIpc) is 3.21. The van der Waals surface area contributed by atoms with E-state index in [2.05, 4.69) is 75.4 Å². The zero-order chi connectivity index (χ0) is 33.7. The van der Waals surface area contributed by atoms with Gasteiger partial charge in [-0.2, -0.15) is 0 Å². The molecule has 2 aliphatic rings. The SMILES string of the molecule is COc1cc2c(cc1O[Si](C(C)C)(C(C)C)C(C)C)N(C(=O)OC(C)(C)C)[C@@H](O[Si](C)(C)C(C)(C)C)[C@@H]1CC(C)=CN1C2=O. The Balaban J connectivity index is 2.40. The van der Waals surface area contributed by atoms with Crippen LogP contribution in [0.2, 0.25) is 34.8 Å². The highest BCUT2D eigenvalue weighted by atomic mass is 28.4. The number of carbonyl (C=O) groups excluding carboxylic acids is 2. The number of anilines is 1. The molecule has 0 unspecified atom stereocenters. The lowest BCUT2D eigenvalue weighted by atomic mass is 10.1. The normalized spacial score (nSPS) is 19.7. The van der Waals surface area contributed by atoms with Crippen LogP contribution in [-0.4, -0.2) is 58.5 Å². The number of amides is 2. The maximum atomic E-state index is 14.4. The van der Waals surface area contributed by atoms with Crippen LogP contribution in [0.4, 0.5) is 10.5 Å². The van der Waals surface area contributed by atoms with E-state index in [0.717, 1.165) is 5.57 Å². The van der Waals surface area contributed by atoms with Gasteiger partial charge in [0.2, 0.25) is 0 Å². The zero-order valence-corrected chi connectivity index (χ0v) is 32.2. The summed E-state index contributed by atoms with van der Waals surface area (Å²) in [5, 5.41) is -0.136. The Morgan fingerprint density at radius 1 is 0.932 bits per heavy atom. The Bertz CT molecular complexity index is 1250. The molecule has 0 aromatic heterocycles. The van der Waals surface area contributed by atoms with Crippen LogP contribution >= 0.6 is 0 Å². The second kappa shape index (κ2) is 12.5. The van der Waals surface area contributed by atoms with E-state index >= 15 is 0 Å². The summed E-state index contributed by atoms with van der Waals surface area (Å²) in [4.78, 5) is 32.1. The smallest absolute Gasteiger partial charge is 0.417 e. The summed E-state index contributed by atoms with van der Waals surface area (Å²) < 4.78 is 26.2. The van der Waals surface area contributed by atoms with Gasteiger partial charge < -0.3 is 23.2 Å². The maximum Gasteiger partial charge on any atom is 0.417 e. The van der Waals surface area contributed by atoms with Crippen molar-refractivity contribution >= 4 is 34.3 Å². The van der Waals surface area contributed by atoms with Gasteiger partial charge in [-0.1, -0.05) is 67.9 Å². The average molecular weight is 647 g/mol. The number of fused-ring (bicyclic) bond motifs is 2. The van der Waals surface area contributed by atoms with Gasteiger partial charge in [-0.3, -0.25) is 4.79 Å². The minimum absolute atomic E-state index is 0.136. The fourth-order valence-corrected chi connectivity index (χ4v) is 13.0. The second-order valence-corrected chi connectivity index (χ2v) is 26.2. The van der Waals surface area contributed by atoms with Gasteiger partial charge in [-0.25, -0.2) is 9.69 Å². The summed E-state index contributed by atoms with van der Waals surface area (Å²) in [5.41, 5.74) is 1.98. The van der Waals surface area contributed by atoms with Crippen molar-refractivity contribution in [1.29, 1.82) is 0 Å². The predicted molar refractivity (Wildman–Crippen MR) is 184 cm³/mol. The topological polar surface area (TPSA) is 77.5 Å². The lowest BCUT2D eigenvalue weighted by Gasteiger charge is -2.45. The summed E-state index contributed by atoms with van der Waals surface area (Å²) in [6, 6.07) is 3.14.